The Morgan fingerprint density at radius 2 is 2.11 bits per heavy atom. The Morgan fingerprint density at radius 1 is 1.42 bits per heavy atom. The van der Waals surface area contributed by atoms with E-state index in [1.807, 2.05) is 13.0 Å². The zero-order valence-corrected chi connectivity index (χ0v) is 12.8. The van der Waals surface area contributed by atoms with Gasteiger partial charge in [-0.05, 0) is 30.9 Å². The van der Waals surface area contributed by atoms with E-state index in [1.54, 1.807) is 6.07 Å². The fourth-order valence-electron chi connectivity index (χ4n) is 1.57. The van der Waals surface area contributed by atoms with Gasteiger partial charge < -0.3 is 4.74 Å². The molecule has 108 valence electrons. The van der Waals surface area contributed by atoms with Crippen molar-refractivity contribution in [3.8, 4) is 0 Å². The van der Waals surface area contributed by atoms with E-state index >= 15 is 0 Å². The Kier molecular flexibility index (Phi) is 5.96. The van der Waals surface area contributed by atoms with E-state index in [9.17, 15) is 13.2 Å². The highest BCUT2D eigenvalue weighted by Crippen LogP contribution is 2.28. The number of carbonyl (C=O) groups is 1. The first kappa shape index (κ1) is 16.1. The molecule has 1 rings (SSSR count). The zero-order chi connectivity index (χ0) is 14.5. The molecule has 0 aliphatic carbocycles. The van der Waals surface area contributed by atoms with Gasteiger partial charge in [-0.3, -0.25) is 4.18 Å². The number of thiophene rings is 1. The van der Waals surface area contributed by atoms with E-state index in [0.29, 0.717) is 11.3 Å². The van der Waals surface area contributed by atoms with Gasteiger partial charge in [-0.25, -0.2) is 4.79 Å². The molecule has 1 atom stereocenters. The van der Waals surface area contributed by atoms with Gasteiger partial charge in [0, 0.05) is 4.88 Å². The summed E-state index contributed by atoms with van der Waals surface area (Å²) in [5, 5.41) is 0. The maximum absolute atomic E-state index is 11.3. The summed E-state index contributed by atoms with van der Waals surface area (Å²) in [6.07, 6.45) is 2.49. The summed E-state index contributed by atoms with van der Waals surface area (Å²) in [5.41, 5.74) is 0. The third-order valence-electron chi connectivity index (χ3n) is 2.58. The molecule has 0 aliphatic rings. The third-order valence-corrected chi connectivity index (χ3v) is 4.47. The molecule has 7 heteroatoms. The molecule has 1 heterocycles. The molecule has 0 N–H and O–H groups in total. The molecule has 0 radical (unpaired) electrons. The topological polar surface area (TPSA) is 69.7 Å². The Bertz CT molecular complexity index is 518. The first-order chi connectivity index (χ1) is 8.83. The van der Waals surface area contributed by atoms with Gasteiger partial charge in [-0.2, -0.15) is 8.42 Å². The number of methoxy groups -OCH3 is 1. The number of carbonyl (C=O) groups excluding carboxylic acids is 1. The van der Waals surface area contributed by atoms with Gasteiger partial charge in [0.25, 0.3) is 10.1 Å². The van der Waals surface area contributed by atoms with Crippen molar-refractivity contribution in [3.05, 3.63) is 21.9 Å². The smallest absolute Gasteiger partial charge is 0.348 e. The summed E-state index contributed by atoms with van der Waals surface area (Å²) in [6, 6.07) is 3.65. The molecule has 1 aromatic heterocycles. The van der Waals surface area contributed by atoms with Crippen LogP contribution in [0.2, 0.25) is 0 Å². The van der Waals surface area contributed by atoms with E-state index in [4.69, 9.17) is 0 Å². The highest BCUT2D eigenvalue weighted by Gasteiger charge is 2.13. The summed E-state index contributed by atoms with van der Waals surface area (Å²) in [5.74, 6) is -0.0737. The minimum Gasteiger partial charge on any atom is -0.465 e. The molecule has 0 saturated carbocycles. The molecule has 0 fully saturated rings. The van der Waals surface area contributed by atoms with Crippen molar-refractivity contribution in [1.82, 2.24) is 0 Å². The maximum atomic E-state index is 11.3. The number of hydrogen-bond acceptors (Lipinski definition) is 6. The Balaban J connectivity index is 2.43. The standard InChI is InChI=1S/C12H18O5S2/c1-9(5-4-8-17-19(3,14)15)10-6-7-11(18-10)12(13)16-2/h6-7,9H,4-5,8H2,1-3H3. The molecule has 0 saturated heterocycles. The fourth-order valence-corrected chi connectivity index (χ4v) is 3.00. The molecular weight excluding hydrogens is 288 g/mol. The normalized spacial score (nSPS) is 13.2. The van der Waals surface area contributed by atoms with E-state index < -0.39 is 10.1 Å². The first-order valence-electron chi connectivity index (χ1n) is 5.86. The van der Waals surface area contributed by atoms with Crippen LogP contribution in [0.1, 0.15) is 40.2 Å². The van der Waals surface area contributed by atoms with Crippen LogP contribution >= 0.6 is 11.3 Å². The summed E-state index contributed by atoms with van der Waals surface area (Å²) in [7, 11) is -2.00. The molecule has 19 heavy (non-hydrogen) atoms. The SMILES string of the molecule is COC(=O)c1ccc(C(C)CCCOS(C)(=O)=O)s1. The Hall–Kier alpha value is -0.920. The summed E-state index contributed by atoms with van der Waals surface area (Å²) < 4.78 is 30.9. The van der Waals surface area contributed by atoms with Gasteiger partial charge in [-0.15, -0.1) is 11.3 Å². The van der Waals surface area contributed by atoms with Crippen LogP contribution in [0.5, 0.6) is 0 Å². The molecule has 0 aliphatic heterocycles. The average molecular weight is 306 g/mol. The Labute approximate surface area is 117 Å². The minimum absolute atomic E-state index is 0.193. The van der Waals surface area contributed by atoms with Crippen molar-refractivity contribution in [2.75, 3.05) is 20.0 Å². The van der Waals surface area contributed by atoms with Crippen LogP contribution in [0.25, 0.3) is 0 Å². The Morgan fingerprint density at radius 3 is 2.68 bits per heavy atom. The molecule has 0 spiro atoms. The summed E-state index contributed by atoms with van der Waals surface area (Å²) in [6.45, 7) is 2.23. The molecular formula is C12H18O5S2. The largest absolute Gasteiger partial charge is 0.465 e. The fraction of sp³-hybridized carbons (Fsp3) is 0.583. The lowest BCUT2D eigenvalue weighted by atomic mass is 10.0. The van der Waals surface area contributed by atoms with Gasteiger partial charge in [0.1, 0.15) is 4.88 Å². The predicted octanol–water partition coefficient (Wildman–Crippen LogP) is 2.39. The average Bonchev–Trinajstić information content (AvgIpc) is 2.81. The third kappa shape index (κ3) is 5.71. The molecule has 5 nitrogen and oxygen atoms in total. The predicted molar refractivity (Wildman–Crippen MR) is 74.1 cm³/mol. The van der Waals surface area contributed by atoms with Crippen molar-refractivity contribution < 1.29 is 22.1 Å². The second-order valence-electron chi connectivity index (χ2n) is 4.26. The highest BCUT2D eigenvalue weighted by atomic mass is 32.2. The number of esters is 1. The molecule has 1 aromatic rings. The number of rotatable bonds is 7. The zero-order valence-electron chi connectivity index (χ0n) is 11.2. The van der Waals surface area contributed by atoms with Gasteiger partial charge in [0.05, 0.1) is 20.0 Å². The summed E-state index contributed by atoms with van der Waals surface area (Å²) in [4.78, 5) is 13.0. The van der Waals surface area contributed by atoms with Crippen molar-refractivity contribution in [2.45, 2.75) is 25.7 Å². The maximum Gasteiger partial charge on any atom is 0.348 e. The van der Waals surface area contributed by atoms with Crippen LogP contribution in [-0.4, -0.2) is 34.4 Å². The molecule has 1 unspecified atom stereocenters. The summed E-state index contributed by atoms with van der Waals surface area (Å²) >= 11 is 1.40. The number of hydrogen-bond donors (Lipinski definition) is 0. The van der Waals surface area contributed by atoms with Gasteiger partial charge >= 0.3 is 5.97 Å². The lowest BCUT2D eigenvalue weighted by Crippen LogP contribution is -2.05. The van der Waals surface area contributed by atoms with E-state index in [2.05, 4.69) is 8.92 Å². The molecule has 0 amide bonds. The van der Waals surface area contributed by atoms with Gasteiger partial charge in [0.2, 0.25) is 0 Å². The van der Waals surface area contributed by atoms with Crippen LogP contribution in [0, 0.1) is 0 Å². The van der Waals surface area contributed by atoms with Crippen LogP contribution in [0.3, 0.4) is 0 Å². The van der Waals surface area contributed by atoms with E-state index in [-0.39, 0.29) is 18.5 Å². The minimum atomic E-state index is -3.36. The van der Waals surface area contributed by atoms with E-state index in [1.165, 1.54) is 18.4 Å². The van der Waals surface area contributed by atoms with Crippen molar-refractivity contribution >= 4 is 27.4 Å². The van der Waals surface area contributed by atoms with Gasteiger partial charge in [-0.1, -0.05) is 6.92 Å². The van der Waals surface area contributed by atoms with Crippen LogP contribution < -0.4 is 0 Å². The van der Waals surface area contributed by atoms with Crippen molar-refractivity contribution in [2.24, 2.45) is 0 Å². The van der Waals surface area contributed by atoms with Crippen LogP contribution in [-0.2, 0) is 19.0 Å². The number of ether oxygens (including phenoxy) is 1. The lowest BCUT2D eigenvalue weighted by molar-refractivity contribution is 0.0606. The molecule has 0 aromatic carbocycles. The van der Waals surface area contributed by atoms with Crippen LogP contribution in [0.4, 0.5) is 0 Å². The second kappa shape index (κ2) is 7.02. The van der Waals surface area contributed by atoms with Gasteiger partial charge in [0.15, 0.2) is 0 Å². The van der Waals surface area contributed by atoms with Crippen molar-refractivity contribution in [1.29, 1.82) is 0 Å². The van der Waals surface area contributed by atoms with Crippen LogP contribution in [0.15, 0.2) is 12.1 Å². The van der Waals surface area contributed by atoms with E-state index in [0.717, 1.165) is 17.6 Å². The second-order valence-corrected chi connectivity index (χ2v) is 7.02. The lowest BCUT2D eigenvalue weighted by Gasteiger charge is -2.08. The monoisotopic (exact) mass is 306 g/mol. The molecule has 0 bridgehead atoms. The highest BCUT2D eigenvalue weighted by molar-refractivity contribution is 7.85. The first-order valence-corrected chi connectivity index (χ1v) is 8.49. The quantitative estimate of drug-likeness (QED) is 0.439. The van der Waals surface area contributed by atoms with Crippen molar-refractivity contribution in [3.63, 3.8) is 0 Å².